The number of nitrogens with one attached hydrogen (secondary N) is 3. The van der Waals surface area contributed by atoms with Gasteiger partial charge in [-0.15, -0.1) is 0 Å². The Kier molecular flexibility index (Phi) is 8.84. The highest BCUT2D eigenvalue weighted by Gasteiger charge is 2.38. The fourth-order valence-corrected chi connectivity index (χ4v) is 3.81. The van der Waals surface area contributed by atoms with Crippen molar-refractivity contribution >= 4 is 23.7 Å². The van der Waals surface area contributed by atoms with Crippen molar-refractivity contribution in [1.82, 2.24) is 20.9 Å². The standard InChI is InChI=1S/C19H33N5O5/c1-12(19(28)29)22-17(26)15-8-5-11-24(15)18(27)14(6-2-3-9-20)23-16(25)13-7-4-10-21-13/h12-15,21H,2-11,20H2,1H3,(H,22,26)(H,23,25)(H,28,29). The number of unbranched alkanes of at least 4 members (excludes halogenated alkanes) is 1. The maximum Gasteiger partial charge on any atom is 0.325 e. The van der Waals surface area contributed by atoms with Crippen molar-refractivity contribution in [3.05, 3.63) is 0 Å². The molecule has 2 aliphatic rings. The fraction of sp³-hybridized carbons (Fsp3) is 0.789. The Bertz CT molecular complexity index is 608. The van der Waals surface area contributed by atoms with Crippen molar-refractivity contribution in [2.45, 2.75) is 76.0 Å². The van der Waals surface area contributed by atoms with Crippen molar-refractivity contribution in [2.75, 3.05) is 19.6 Å². The zero-order valence-corrected chi connectivity index (χ0v) is 17.0. The molecule has 0 aromatic carbocycles. The minimum absolute atomic E-state index is 0.201. The van der Waals surface area contributed by atoms with E-state index in [0.717, 1.165) is 25.8 Å². The average molecular weight is 412 g/mol. The van der Waals surface area contributed by atoms with Crippen LogP contribution in [0, 0.1) is 0 Å². The third kappa shape index (κ3) is 6.40. The van der Waals surface area contributed by atoms with E-state index in [2.05, 4.69) is 16.0 Å². The highest BCUT2D eigenvalue weighted by Crippen LogP contribution is 2.20. The molecular formula is C19H33N5O5. The molecule has 2 heterocycles. The highest BCUT2D eigenvalue weighted by atomic mass is 16.4. The Hall–Kier alpha value is -2.20. The molecule has 2 saturated heterocycles. The van der Waals surface area contributed by atoms with Crippen LogP contribution < -0.4 is 21.7 Å². The van der Waals surface area contributed by atoms with Gasteiger partial charge in [0.2, 0.25) is 17.7 Å². The van der Waals surface area contributed by atoms with Gasteiger partial charge in [-0.3, -0.25) is 19.2 Å². The molecule has 2 fully saturated rings. The second kappa shape index (κ2) is 11.1. The van der Waals surface area contributed by atoms with Gasteiger partial charge in [-0.1, -0.05) is 0 Å². The van der Waals surface area contributed by atoms with E-state index in [1.54, 1.807) is 0 Å². The topological polar surface area (TPSA) is 154 Å². The molecule has 0 aromatic rings. The highest BCUT2D eigenvalue weighted by molar-refractivity contribution is 5.94. The first kappa shape index (κ1) is 23.1. The molecule has 2 aliphatic heterocycles. The molecule has 6 N–H and O–H groups in total. The van der Waals surface area contributed by atoms with Gasteiger partial charge in [0, 0.05) is 6.54 Å². The van der Waals surface area contributed by atoms with Gasteiger partial charge in [0.15, 0.2) is 0 Å². The molecule has 29 heavy (non-hydrogen) atoms. The van der Waals surface area contributed by atoms with Crippen LogP contribution in [-0.2, 0) is 19.2 Å². The summed E-state index contributed by atoms with van der Waals surface area (Å²) in [5, 5.41) is 17.4. The molecule has 0 aromatic heterocycles. The number of nitrogens with zero attached hydrogens (tertiary/aromatic N) is 1. The third-order valence-corrected chi connectivity index (χ3v) is 5.51. The first-order chi connectivity index (χ1) is 13.8. The van der Waals surface area contributed by atoms with Gasteiger partial charge in [-0.2, -0.15) is 0 Å². The van der Waals surface area contributed by atoms with Gasteiger partial charge in [-0.25, -0.2) is 0 Å². The van der Waals surface area contributed by atoms with E-state index in [9.17, 15) is 19.2 Å². The molecule has 164 valence electrons. The maximum absolute atomic E-state index is 13.2. The number of carbonyl (C=O) groups is 4. The Morgan fingerprint density at radius 2 is 1.90 bits per heavy atom. The molecule has 0 spiro atoms. The predicted octanol–water partition coefficient (Wildman–Crippen LogP) is -1.07. The second-order valence-electron chi connectivity index (χ2n) is 7.75. The SMILES string of the molecule is CC(NC(=O)C1CCCN1C(=O)C(CCCCN)NC(=O)C1CCCN1)C(=O)O. The van der Waals surface area contributed by atoms with Crippen LogP contribution in [-0.4, -0.2) is 77.5 Å². The van der Waals surface area contributed by atoms with Gasteiger partial charge in [0.05, 0.1) is 6.04 Å². The van der Waals surface area contributed by atoms with E-state index in [0.29, 0.717) is 38.8 Å². The molecule has 3 amide bonds. The molecule has 2 rings (SSSR count). The van der Waals surface area contributed by atoms with Crippen LogP contribution in [0.5, 0.6) is 0 Å². The minimum atomic E-state index is -1.13. The van der Waals surface area contributed by atoms with Crippen molar-refractivity contribution in [2.24, 2.45) is 5.73 Å². The number of hydrogen-bond donors (Lipinski definition) is 5. The predicted molar refractivity (Wildman–Crippen MR) is 106 cm³/mol. The fourth-order valence-electron chi connectivity index (χ4n) is 3.81. The summed E-state index contributed by atoms with van der Waals surface area (Å²) in [4.78, 5) is 50.7. The average Bonchev–Trinajstić information content (AvgIpc) is 3.38. The van der Waals surface area contributed by atoms with Crippen LogP contribution >= 0.6 is 0 Å². The number of aliphatic carboxylic acids is 1. The Balaban J connectivity index is 2.05. The van der Waals surface area contributed by atoms with Crippen LogP contribution in [0.4, 0.5) is 0 Å². The van der Waals surface area contributed by atoms with Crippen LogP contribution in [0.25, 0.3) is 0 Å². The summed E-state index contributed by atoms with van der Waals surface area (Å²) in [5.74, 6) is -2.11. The lowest BCUT2D eigenvalue weighted by atomic mass is 10.1. The quantitative estimate of drug-likeness (QED) is 0.287. The van der Waals surface area contributed by atoms with Gasteiger partial charge < -0.3 is 31.7 Å². The number of carbonyl (C=O) groups excluding carboxylic acids is 3. The van der Waals surface area contributed by atoms with E-state index in [1.165, 1.54) is 11.8 Å². The number of carboxylic acid groups (broad SMARTS) is 1. The van der Waals surface area contributed by atoms with Crippen molar-refractivity contribution in [3.8, 4) is 0 Å². The van der Waals surface area contributed by atoms with Crippen LogP contribution in [0.2, 0.25) is 0 Å². The number of nitrogens with two attached hydrogens (primary N) is 1. The Morgan fingerprint density at radius 3 is 2.52 bits per heavy atom. The summed E-state index contributed by atoms with van der Waals surface area (Å²) in [6.07, 6.45) is 4.64. The second-order valence-corrected chi connectivity index (χ2v) is 7.75. The maximum atomic E-state index is 13.2. The zero-order chi connectivity index (χ0) is 21.4. The van der Waals surface area contributed by atoms with Gasteiger partial charge in [0.1, 0.15) is 18.1 Å². The van der Waals surface area contributed by atoms with Gasteiger partial charge >= 0.3 is 5.97 Å². The normalized spacial score (nSPS) is 23.4. The summed E-state index contributed by atoms with van der Waals surface area (Å²) < 4.78 is 0. The molecule has 4 unspecified atom stereocenters. The molecule has 0 saturated carbocycles. The zero-order valence-electron chi connectivity index (χ0n) is 17.0. The molecule has 10 nitrogen and oxygen atoms in total. The molecule has 4 atom stereocenters. The third-order valence-electron chi connectivity index (χ3n) is 5.51. The molecule has 10 heteroatoms. The Morgan fingerprint density at radius 1 is 1.14 bits per heavy atom. The monoisotopic (exact) mass is 411 g/mol. The molecule has 0 radical (unpaired) electrons. The lowest BCUT2D eigenvalue weighted by Crippen LogP contribution is -2.56. The largest absolute Gasteiger partial charge is 0.480 e. The van der Waals surface area contributed by atoms with Crippen molar-refractivity contribution < 1.29 is 24.3 Å². The number of carboxylic acids is 1. The minimum Gasteiger partial charge on any atom is -0.480 e. The molecular weight excluding hydrogens is 378 g/mol. The molecule has 0 bridgehead atoms. The number of rotatable bonds is 10. The smallest absolute Gasteiger partial charge is 0.325 e. The van der Waals surface area contributed by atoms with E-state index in [1.807, 2.05) is 0 Å². The number of amides is 3. The first-order valence-corrected chi connectivity index (χ1v) is 10.4. The lowest BCUT2D eigenvalue weighted by molar-refractivity contribution is -0.144. The summed E-state index contributed by atoms with van der Waals surface area (Å²) in [6, 6.07) is -2.77. The van der Waals surface area contributed by atoms with Crippen LogP contribution in [0.3, 0.4) is 0 Å². The lowest BCUT2D eigenvalue weighted by Gasteiger charge is -2.29. The summed E-state index contributed by atoms with van der Waals surface area (Å²) in [7, 11) is 0. The Labute approximate surface area is 170 Å². The van der Waals surface area contributed by atoms with Gasteiger partial charge in [0.25, 0.3) is 0 Å². The van der Waals surface area contributed by atoms with Crippen molar-refractivity contribution in [1.29, 1.82) is 0 Å². The first-order valence-electron chi connectivity index (χ1n) is 10.4. The number of hydrogen-bond acceptors (Lipinski definition) is 6. The van der Waals surface area contributed by atoms with Gasteiger partial charge in [-0.05, 0) is 65.0 Å². The van der Waals surface area contributed by atoms with Crippen molar-refractivity contribution in [3.63, 3.8) is 0 Å². The van der Waals surface area contributed by atoms with E-state index in [4.69, 9.17) is 10.8 Å². The van der Waals surface area contributed by atoms with Crippen LogP contribution in [0.15, 0.2) is 0 Å². The van der Waals surface area contributed by atoms with Crippen LogP contribution in [0.1, 0.15) is 51.9 Å². The van der Waals surface area contributed by atoms with E-state index >= 15 is 0 Å². The summed E-state index contributed by atoms with van der Waals surface area (Å²) >= 11 is 0. The van der Waals surface area contributed by atoms with E-state index < -0.39 is 30.0 Å². The molecule has 0 aliphatic carbocycles. The number of likely N-dealkylation sites (tertiary alicyclic amines) is 1. The van der Waals surface area contributed by atoms with E-state index in [-0.39, 0.29) is 17.9 Å². The summed E-state index contributed by atoms with van der Waals surface area (Å²) in [5.41, 5.74) is 5.55. The summed E-state index contributed by atoms with van der Waals surface area (Å²) in [6.45, 7) is 3.07.